The maximum absolute atomic E-state index is 5.57. The molecule has 5 nitrogen and oxygen atoms in total. The number of nitrogens with zero attached hydrogens (tertiary/aromatic N) is 3. The minimum Gasteiger partial charge on any atom is -0.381 e. The fraction of sp³-hybridized carbons (Fsp3) is 0.765. The van der Waals surface area contributed by atoms with Crippen LogP contribution in [0.2, 0.25) is 0 Å². The van der Waals surface area contributed by atoms with Crippen LogP contribution in [0.3, 0.4) is 0 Å². The van der Waals surface area contributed by atoms with E-state index < -0.39 is 0 Å². The zero-order chi connectivity index (χ0) is 16.7. The van der Waals surface area contributed by atoms with Gasteiger partial charge >= 0.3 is 0 Å². The molecule has 0 amide bonds. The van der Waals surface area contributed by atoms with E-state index in [-0.39, 0.29) is 0 Å². The molecular weight excluding hydrogens is 308 g/mol. The van der Waals surface area contributed by atoms with Crippen LogP contribution in [0.5, 0.6) is 0 Å². The van der Waals surface area contributed by atoms with E-state index >= 15 is 0 Å². The molecule has 2 rings (SSSR count). The van der Waals surface area contributed by atoms with Gasteiger partial charge in [-0.15, -0.1) is 11.3 Å². The highest BCUT2D eigenvalue weighted by Gasteiger charge is 2.24. The zero-order valence-corrected chi connectivity index (χ0v) is 15.7. The third kappa shape index (κ3) is 5.46. The van der Waals surface area contributed by atoms with Gasteiger partial charge in [-0.05, 0) is 34.1 Å². The summed E-state index contributed by atoms with van der Waals surface area (Å²) in [5.41, 5.74) is 1.16. The molecule has 1 saturated heterocycles. The summed E-state index contributed by atoms with van der Waals surface area (Å²) in [5.74, 6) is 1.68. The molecule has 1 aliphatic rings. The first-order chi connectivity index (χ1) is 11.1. The van der Waals surface area contributed by atoms with Gasteiger partial charge in [0.25, 0.3) is 0 Å². The van der Waals surface area contributed by atoms with Crippen molar-refractivity contribution in [1.82, 2.24) is 15.2 Å². The molecule has 1 atom stereocenters. The van der Waals surface area contributed by atoms with Gasteiger partial charge in [0, 0.05) is 50.0 Å². The molecule has 0 aliphatic carbocycles. The van der Waals surface area contributed by atoms with Crippen molar-refractivity contribution in [2.45, 2.75) is 40.5 Å². The number of likely N-dealkylation sites (tertiary alicyclic amines) is 1. The number of ether oxygens (including phenoxy) is 1. The number of hydrogen-bond acceptors (Lipinski definition) is 4. The zero-order valence-electron chi connectivity index (χ0n) is 14.9. The lowest BCUT2D eigenvalue weighted by molar-refractivity contribution is 0.114. The van der Waals surface area contributed by atoms with Crippen LogP contribution in [0.1, 0.15) is 35.8 Å². The average Bonchev–Trinajstić information content (AvgIpc) is 3.11. The number of nitrogens with one attached hydrogen (secondary N) is 1. The highest BCUT2D eigenvalue weighted by molar-refractivity contribution is 7.11. The third-order valence-electron chi connectivity index (χ3n) is 4.08. The van der Waals surface area contributed by atoms with Crippen LogP contribution in [0, 0.1) is 19.8 Å². The number of hydrogen-bond donors (Lipinski definition) is 1. The Kier molecular flexibility index (Phi) is 7.30. The van der Waals surface area contributed by atoms with Gasteiger partial charge in [0.2, 0.25) is 0 Å². The Labute approximate surface area is 144 Å². The number of rotatable bonds is 7. The minimum absolute atomic E-state index is 0.630. The van der Waals surface area contributed by atoms with Gasteiger partial charge in [-0.3, -0.25) is 4.99 Å². The molecule has 0 saturated carbocycles. The van der Waals surface area contributed by atoms with Crippen LogP contribution in [0.4, 0.5) is 0 Å². The van der Waals surface area contributed by atoms with Crippen molar-refractivity contribution in [2.24, 2.45) is 10.9 Å². The van der Waals surface area contributed by atoms with Gasteiger partial charge in [0.15, 0.2) is 5.96 Å². The van der Waals surface area contributed by atoms with E-state index in [0.29, 0.717) is 5.92 Å². The third-order valence-corrected chi connectivity index (χ3v) is 5.21. The van der Waals surface area contributed by atoms with Crippen LogP contribution >= 0.6 is 11.3 Å². The van der Waals surface area contributed by atoms with Gasteiger partial charge in [0.1, 0.15) is 0 Å². The second-order valence-electron chi connectivity index (χ2n) is 5.99. The van der Waals surface area contributed by atoms with E-state index in [9.17, 15) is 0 Å². The monoisotopic (exact) mass is 338 g/mol. The van der Waals surface area contributed by atoms with Crippen LogP contribution in [0.25, 0.3) is 0 Å². The second-order valence-corrected chi connectivity index (χ2v) is 7.28. The molecule has 0 radical (unpaired) electrons. The first-order valence-electron chi connectivity index (χ1n) is 8.67. The lowest BCUT2D eigenvalue weighted by atomic mass is 10.1. The summed E-state index contributed by atoms with van der Waals surface area (Å²) < 4.78 is 5.57. The molecule has 0 aromatic carbocycles. The van der Waals surface area contributed by atoms with Crippen molar-refractivity contribution in [3.63, 3.8) is 0 Å². The maximum atomic E-state index is 5.57. The Morgan fingerprint density at radius 2 is 2.26 bits per heavy atom. The first-order valence-corrected chi connectivity index (χ1v) is 9.49. The fourth-order valence-electron chi connectivity index (χ4n) is 2.94. The molecule has 0 spiro atoms. The number of aliphatic imine (C=N–C) groups is 1. The Bertz CT molecular complexity index is 515. The van der Waals surface area contributed by atoms with Crippen LogP contribution in [0.15, 0.2) is 4.99 Å². The van der Waals surface area contributed by atoms with E-state index in [1.807, 2.05) is 0 Å². The summed E-state index contributed by atoms with van der Waals surface area (Å²) in [6, 6.07) is 0. The number of aryl methyl sites for hydroxylation is 2. The lowest BCUT2D eigenvalue weighted by Crippen LogP contribution is -2.40. The highest BCUT2D eigenvalue weighted by Crippen LogP contribution is 2.19. The molecule has 23 heavy (non-hydrogen) atoms. The summed E-state index contributed by atoms with van der Waals surface area (Å²) in [5, 5.41) is 4.58. The lowest BCUT2D eigenvalue weighted by Gasteiger charge is -2.21. The molecule has 2 heterocycles. The Morgan fingerprint density at radius 1 is 1.43 bits per heavy atom. The Morgan fingerprint density at radius 3 is 2.91 bits per heavy atom. The van der Waals surface area contributed by atoms with Gasteiger partial charge in [-0.2, -0.15) is 0 Å². The van der Waals surface area contributed by atoms with E-state index in [0.717, 1.165) is 62.5 Å². The molecule has 6 heteroatoms. The van der Waals surface area contributed by atoms with Crippen LogP contribution in [-0.2, 0) is 11.2 Å². The quantitative estimate of drug-likeness (QED) is 0.613. The second kappa shape index (κ2) is 9.23. The smallest absolute Gasteiger partial charge is 0.193 e. The summed E-state index contributed by atoms with van der Waals surface area (Å²) in [7, 11) is 0. The van der Waals surface area contributed by atoms with E-state index in [4.69, 9.17) is 9.73 Å². The molecule has 130 valence electrons. The molecule has 0 bridgehead atoms. The molecular formula is C17H30N4OS. The standard InChI is InChI=1S/C17H30N4OS/c1-5-18-17(21-10-8-15(11-21)12-22-6-2)19-9-7-16-13(3)20-14(4)23-16/h15H,5-12H2,1-4H3,(H,18,19). The highest BCUT2D eigenvalue weighted by atomic mass is 32.1. The van der Waals surface area contributed by atoms with Crippen molar-refractivity contribution in [2.75, 3.05) is 39.4 Å². The molecule has 1 aromatic heterocycles. The minimum atomic E-state index is 0.630. The van der Waals surface area contributed by atoms with Gasteiger partial charge in [0.05, 0.1) is 17.3 Å². The van der Waals surface area contributed by atoms with Crippen molar-refractivity contribution in [1.29, 1.82) is 0 Å². The Balaban J connectivity index is 1.88. The number of aromatic nitrogens is 1. The molecule has 1 unspecified atom stereocenters. The van der Waals surface area contributed by atoms with Crippen molar-refractivity contribution < 1.29 is 4.74 Å². The van der Waals surface area contributed by atoms with Gasteiger partial charge in [-0.1, -0.05) is 0 Å². The predicted octanol–water partition coefficient (Wildman–Crippen LogP) is 2.63. The van der Waals surface area contributed by atoms with Crippen molar-refractivity contribution in [3.05, 3.63) is 15.6 Å². The van der Waals surface area contributed by atoms with Crippen molar-refractivity contribution in [3.8, 4) is 0 Å². The van der Waals surface area contributed by atoms with Crippen LogP contribution < -0.4 is 5.32 Å². The summed E-state index contributed by atoms with van der Waals surface area (Å²) in [4.78, 5) is 13.0. The van der Waals surface area contributed by atoms with Crippen molar-refractivity contribution >= 4 is 17.3 Å². The molecule has 1 fully saturated rings. The first kappa shape index (κ1) is 18.2. The summed E-state index contributed by atoms with van der Waals surface area (Å²) in [6.45, 7) is 13.9. The molecule has 1 aromatic rings. The predicted molar refractivity (Wildman–Crippen MR) is 97.4 cm³/mol. The van der Waals surface area contributed by atoms with E-state index in [1.165, 1.54) is 11.3 Å². The SMILES string of the molecule is CCNC(=NCCc1sc(C)nc1C)N1CCC(COCC)C1. The normalized spacial score (nSPS) is 18.7. The number of thiazole rings is 1. The van der Waals surface area contributed by atoms with Gasteiger partial charge in [-0.25, -0.2) is 4.98 Å². The van der Waals surface area contributed by atoms with E-state index in [2.05, 4.69) is 42.9 Å². The molecule has 1 aliphatic heterocycles. The topological polar surface area (TPSA) is 49.8 Å². The molecule has 1 N–H and O–H groups in total. The fourth-order valence-corrected chi connectivity index (χ4v) is 3.87. The Hall–Kier alpha value is -1.14. The van der Waals surface area contributed by atoms with E-state index in [1.54, 1.807) is 11.3 Å². The summed E-state index contributed by atoms with van der Waals surface area (Å²) >= 11 is 1.79. The average molecular weight is 339 g/mol. The number of guanidine groups is 1. The van der Waals surface area contributed by atoms with Gasteiger partial charge < -0.3 is 15.0 Å². The van der Waals surface area contributed by atoms with Crippen LogP contribution in [-0.4, -0.2) is 55.2 Å². The largest absolute Gasteiger partial charge is 0.381 e. The maximum Gasteiger partial charge on any atom is 0.193 e. The summed E-state index contributed by atoms with van der Waals surface area (Å²) in [6.07, 6.45) is 2.17.